The minimum Gasteiger partial charge on any atom is -0.462 e. The second-order valence-corrected chi connectivity index (χ2v) is 16.0. The molecule has 0 saturated heterocycles. The fourth-order valence-electron chi connectivity index (χ4n) is 5.64. The summed E-state index contributed by atoms with van der Waals surface area (Å²) in [6.45, 7) is 2.14. The number of esters is 2. The molecule has 0 bridgehead atoms. The molecule has 2 unspecified atom stereocenters. The van der Waals surface area contributed by atoms with Crippen LogP contribution >= 0.6 is 7.82 Å². The van der Waals surface area contributed by atoms with Gasteiger partial charge in [-0.2, -0.15) is 0 Å². The third kappa shape index (κ3) is 38.7. The smallest absolute Gasteiger partial charge is 0.462 e. The van der Waals surface area contributed by atoms with Gasteiger partial charge in [0, 0.05) is 12.8 Å². The van der Waals surface area contributed by atoms with Gasteiger partial charge in [0.2, 0.25) is 0 Å². The van der Waals surface area contributed by atoms with Gasteiger partial charge in [-0.15, -0.1) is 0 Å². The van der Waals surface area contributed by atoms with Crippen molar-refractivity contribution in [2.24, 2.45) is 0 Å². The standard InChI is InChI=1S/C44H79O11P/c1-3-5-7-9-11-13-15-17-18-20-22-24-26-28-30-34-44(49)55-42(39-54-56(50,51)53-37-41(47)36-45)38-52-43(48)35-31-33-40(46)32-29-27-25-23-21-19-16-14-12-10-8-6-4-2/h17-19,21,25,27,29,32,40-42,45-47H,3-16,20,22-24,26,28,30-31,33-39H2,1-2H3,(H,50,51)/b18-17-,21-19+,27-25+,32-29+/t40?,41-,42+/m0/s1. The van der Waals surface area contributed by atoms with Crippen molar-refractivity contribution in [2.45, 2.75) is 193 Å². The molecular weight excluding hydrogens is 735 g/mol. The molecular formula is C44H79O11P. The van der Waals surface area contributed by atoms with Crippen LogP contribution in [0.5, 0.6) is 0 Å². The van der Waals surface area contributed by atoms with Crippen LogP contribution in [0.2, 0.25) is 0 Å². The van der Waals surface area contributed by atoms with E-state index in [9.17, 15) is 29.3 Å². The molecule has 12 heteroatoms. The van der Waals surface area contributed by atoms with E-state index >= 15 is 0 Å². The summed E-state index contributed by atoms with van der Waals surface area (Å²) in [5, 5.41) is 28.6. The number of phosphoric ester groups is 1. The number of unbranched alkanes of at least 4 members (excludes halogenated alkanes) is 17. The van der Waals surface area contributed by atoms with Crippen molar-refractivity contribution < 1.29 is 52.9 Å². The molecule has 0 aliphatic heterocycles. The predicted molar refractivity (Wildman–Crippen MR) is 225 cm³/mol. The summed E-state index contributed by atoms with van der Waals surface area (Å²) in [5.74, 6) is -1.13. The topological polar surface area (TPSA) is 169 Å². The lowest BCUT2D eigenvalue weighted by Crippen LogP contribution is -2.30. The van der Waals surface area contributed by atoms with Gasteiger partial charge >= 0.3 is 19.8 Å². The first-order chi connectivity index (χ1) is 27.1. The van der Waals surface area contributed by atoms with Crippen LogP contribution < -0.4 is 0 Å². The van der Waals surface area contributed by atoms with Gasteiger partial charge in [0.1, 0.15) is 12.7 Å². The molecule has 0 fully saturated rings. The number of carbonyl (C=O) groups is 2. The highest BCUT2D eigenvalue weighted by atomic mass is 31.2. The monoisotopic (exact) mass is 815 g/mol. The molecule has 4 N–H and O–H groups in total. The van der Waals surface area contributed by atoms with E-state index in [2.05, 4.69) is 42.7 Å². The fraction of sp³-hybridized carbons (Fsp3) is 0.773. The molecule has 0 amide bonds. The first-order valence-corrected chi connectivity index (χ1v) is 23.2. The average molecular weight is 815 g/mol. The zero-order valence-electron chi connectivity index (χ0n) is 35.0. The summed E-state index contributed by atoms with van der Waals surface area (Å²) in [5.41, 5.74) is 0. The van der Waals surface area contributed by atoms with Crippen LogP contribution in [-0.4, -0.2) is 76.9 Å². The Kier molecular flexibility index (Phi) is 38.2. The second kappa shape index (κ2) is 39.7. The van der Waals surface area contributed by atoms with Gasteiger partial charge in [-0.3, -0.25) is 18.6 Å². The Bertz CT molecular complexity index is 1090. The number of ether oxygens (including phenoxy) is 2. The van der Waals surface area contributed by atoms with Gasteiger partial charge in [0.05, 0.1) is 25.9 Å². The summed E-state index contributed by atoms with van der Waals surface area (Å²) in [4.78, 5) is 35.0. The Morgan fingerprint density at radius 3 is 1.71 bits per heavy atom. The molecule has 0 aromatic carbocycles. The maximum Gasteiger partial charge on any atom is 0.472 e. The molecule has 0 radical (unpaired) electrons. The molecule has 0 aromatic heterocycles. The van der Waals surface area contributed by atoms with Crippen molar-refractivity contribution in [3.8, 4) is 0 Å². The summed E-state index contributed by atoms with van der Waals surface area (Å²) < 4.78 is 32.5. The lowest BCUT2D eigenvalue weighted by atomic mass is 10.1. The predicted octanol–water partition coefficient (Wildman–Crippen LogP) is 10.3. The van der Waals surface area contributed by atoms with Crippen LogP contribution in [-0.2, 0) is 32.7 Å². The Balaban J connectivity index is 4.50. The van der Waals surface area contributed by atoms with E-state index in [0.717, 1.165) is 51.4 Å². The average Bonchev–Trinajstić information content (AvgIpc) is 3.18. The molecule has 11 nitrogen and oxygen atoms in total. The number of carbonyl (C=O) groups excluding carboxylic acids is 2. The summed E-state index contributed by atoms with van der Waals surface area (Å²) >= 11 is 0. The minimum atomic E-state index is -4.66. The Morgan fingerprint density at radius 2 is 1.12 bits per heavy atom. The Morgan fingerprint density at radius 1 is 0.607 bits per heavy atom. The third-order valence-corrected chi connectivity index (χ3v) is 10.0. The molecule has 0 rings (SSSR count). The van der Waals surface area contributed by atoms with Gasteiger partial charge in [-0.05, 0) is 64.2 Å². The largest absolute Gasteiger partial charge is 0.472 e. The molecule has 0 saturated carbocycles. The van der Waals surface area contributed by atoms with Crippen molar-refractivity contribution >= 4 is 19.8 Å². The van der Waals surface area contributed by atoms with Crippen LogP contribution in [0.25, 0.3) is 0 Å². The number of hydrogen-bond acceptors (Lipinski definition) is 10. The van der Waals surface area contributed by atoms with Gasteiger partial charge < -0.3 is 29.7 Å². The quantitative estimate of drug-likeness (QED) is 0.0153. The normalized spacial score (nSPS) is 14.9. The van der Waals surface area contributed by atoms with Crippen LogP contribution in [0, 0.1) is 0 Å². The van der Waals surface area contributed by atoms with Crippen LogP contribution in [0.3, 0.4) is 0 Å². The lowest BCUT2D eigenvalue weighted by molar-refractivity contribution is -0.161. The van der Waals surface area contributed by atoms with Crippen LogP contribution in [0.1, 0.15) is 174 Å². The summed E-state index contributed by atoms with van der Waals surface area (Å²) in [6, 6.07) is 0. The highest BCUT2D eigenvalue weighted by Gasteiger charge is 2.27. The molecule has 0 aliphatic rings. The Labute approximate surface area is 339 Å². The van der Waals surface area contributed by atoms with E-state index in [4.69, 9.17) is 19.1 Å². The molecule has 326 valence electrons. The highest BCUT2D eigenvalue weighted by molar-refractivity contribution is 7.47. The van der Waals surface area contributed by atoms with Crippen molar-refractivity contribution in [1.82, 2.24) is 0 Å². The number of aliphatic hydroxyl groups excluding tert-OH is 3. The number of aliphatic hydroxyl groups is 3. The first kappa shape index (κ1) is 53.9. The third-order valence-electron chi connectivity index (χ3n) is 9.06. The van der Waals surface area contributed by atoms with Crippen molar-refractivity contribution in [3.05, 3.63) is 48.6 Å². The second-order valence-electron chi connectivity index (χ2n) is 14.6. The van der Waals surface area contributed by atoms with Crippen LogP contribution in [0.4, 0.5) is 0 Å². The summed E-state index contributed by atoms with van der Waals surface area (Å²) in [6.07, 6.45) is 38.2. The van der Waals surface area contributed by atoms with Crippen LogP contribution in [0.15, 0.2) is 48.6 Å². The number of hydrogen-bond donors (Lipinski definition) is 4. The molecule has 0 aromatic rings. The zero-order chi connectivity index (χ0) is 41.4. The molecule has 4 atom stereocenters. The number of allylic oxidation sites excluding steroid dienone is 7. The fourth-order valence-corrected chi connectivity index (χ4v) is 6.43. The van der Waals surface area contributed by atoms with Gasteiger partial charge in [0.25, 0.3) is 0 Å². The minimum absolute atomic E-state index is 0.0151. The van der Waals surface area contributed by atoms with E-state index in [1.807, 2.05) is 12.2 Å². The zero-order valence-corrected chi connectivity index (χ0v) is 35.8. The van der Waals surface area contributed by atoms with E-state index in [1.165, 1.54) is 77.0 Å². The maximum absolute atomic E-state index is 12.6. The van der Waals surface area contributed by atoms with E-state index in [-0.39, 0.29) is 12.8 Å². The Hall–Kier alpha value is -2.11. The number of rotatable bonds is 40. The molecule has 56 heavy (non-hydrogen) atoms. The van der Waals surface area contributed by atoms with Gasteiger partial charge in [-0.25, -0.2) is 4.57 Å². The van der Waals surface area contributed by atoms with Gasteiger partial charge in [0.15, 0.2) is 6.10 Å². The highest BCUT2D eigenvalue weighted by Crippen LogP contribution is 2.43. The number of phosphoric acid groups is 1. The molecule has 0 spiro atoms. The lowest BCUT2D eigenvalue weighted by Gasteiger charge is -2.20. The van der Waals surface area contributed by atoms with E-state index in [0.29, 0.717) is 19.3 Å². The van der Waals surface area contributed by atoms with Crippen molar-refractivity contribution in [2.75, 3.05) is 26.4 Å². The first-order valence-electron chi connectivity index (χ1n) is 21.7. The van der Waals surface area contributed by atoms with Gasteiger partial charge in [-0.1, -0.05) is 146 Å². The maximum atomic E-state index is 12.6. The van der Waals surface area contributed by atoms with Crippen molar-refractivity contribution in [1.29, 1.82) is 0 Å². The van der Waals surface area contributed by atoms with E-state index < -0.39 is 64.5 Å². The SMILES string of the molecule is CCCCCCCC/C=C\CCCCCCCC(=O)O[C@H](COC(=O)CCCC(O)/C=C/C=C/C/C=C/CCCCCCCC)COP(=O)(O)OC[C@@H](O)CO. The van der Waals surface area contributed by atoms with E-state index in [1.54, 1.807) is 12.2 Å². The van der Waals surface area contributed by atoms with Crippen molar-refractivity contribution in [3.63, 3.8) is 0 Å². The summed E-state index contributed by atoms with van der Waals surface area (Å²) in [7, 11) is -4.66. The molecule has 0 aliphatic carbocycles. The molecule has 0 heterocycles.